The molecule has 3 aliphatic rings. The Morgan fingerprint density at radius 1 is 0.935 bits per heavy atom. The van der Waals surface area contributed by atoms with Gasteiger partial charge in [0.15, 0.2) is 0 Å². The predicted molar refractivity (Wildman–Crippen MR) is 173 cm³/mol. The second kappa shape index (κ2) is 13.4. The molecule has 1 atom stereocenters. The Kier molecular flexibility index (Phi) is 9.52. The highest BCUT2D eigenvalue weighted by Crippen LogP contribution is 2.39. The molecule has 3 fully saturated rings. The molecule has 0 aliphatic carbocycles. The lowest BCUT2D eigenvalue weighted by atomic mass is 9.91. The van der Waals surface area contributed by atoms with Crippen LogP contribution in [0.5, 0.6) is 0 Å². The van der Waals surface area contributed by atoms with E-state index in [-0.39, 0.29) is 40.9 Å². The number of nitrogens with two attached hydrogens (primary N) is 1. The molecule has 0 unspecified atom stereocenters. The molecule has 13 heteroatoms. The number of carbonyl (C=O) groups excluding carboxylic acids is 2. The lowest BCUT2D eigenvalue weighted by Crippen LogP contribution is -2.48. The summed E-state index contributed by atoms with van der Waals surface area (Å²) in [5.41, 5.74) is 6.08. The van der Waals surface area contributed by atoms with Crippen LogP contribution in [0.4, 0.5) is 18.9 Å². The standard InChI is InChI=1S/C33H40BrF3N6O3/c34-26-19-21(18-25(30(26)38)33(35,36)37)17-22(31(45)42-15-7-23(8-16-42)40-11-3-4-12-40)20-29(44)41-13-9-24(10-14-41)43-28-6-2-1-5-27(28)39-32(43)46/h1-2,5-6,18-19,22-24H,3-4,7-17,20,38H2,(H,39,46)/t22-/m0/s1. The fourth-order valence-electron chi connectivity index (χ4n) is 7.52. The molecule has 0 spiro atoms. The maximum absolute atomic E-state index is 14.0. The first-order valence-electron chi connectivity index (χ1n) is 16.1. The van der Waals surface area contributed by atoms with E-state index in [0.717, 1.165) is 43.0 Å². The van der Waals surface area contributed by atoms with Gasteiger partial charge in [0.1, 0.15) is 0 Å². The summed E-state index contributed by atoms with van der Waals surface area (Å²) in [5, 5.41) is 0. The van der Waals surface area contributed by atoms with Crippen molar-refractivity contribution in [3.8, 4) is 0 Å². The summed E-state index contributed by atoms with van der Waals surface area (Å²) < 4.78 is 43.2. The molecule has 2 amide bonds. The Hall–Kier alpha value is -3.32. The number of likely N-dealkylation sites (tertiary alicyclic amines) is 3. The number of nitrogen functional groups attached to an aromatic ring is 1. The Bertz CT molecular complexity index is 1630. The number of aromatic nitrogens is 2. The zero-order valence-corrected chi connectivity index (χ0v) is 27.3. The monoisotopic (exact) mass is 704 g/mol. The number of nitrogens with one attached hydrogen (secondary N) is 1. The number of piperidine rings is 2. The molecular weight excluding hydrogens is 665 g/mol. The quantitative estimate of drug-likeness (QED) is 0.329. The summed E-state index contributed by atoms with van der Waals surface area (Å²) in [6.07, 6.45) is 0.452. The normalized spacial score (nSPS) is 19.7. The van der Waals surface area contributed by atoms with Crippen molar-refractivity contribution in [1.29, 1.82) is 0 Å². The highest BCUT2D eigenvalue weighted by atomic mass is 79.9. The number of hydrogen-bond acceptors (Lipinski definition) is 5. The van der Waals surface area contributed by atoms with Crippen LogP contribution in [0.3, 0.4) is 0 Å². The molecule has 46 heavy (non-hydrogen) atoms. The number of fused-ring (bicyclic) bond motifs is 1. The van der Waals surface area contributed by atoms with Gasteiger partial charge in [0.05, 0.1) is 28.2 Å². The molecular formula is C33H40BrF3N6O3. The van der Waals surface area contributed by atoms with E-state index >= 15 is 0 Å². The van der Waals surface area contributed by atoms with Crippen LogP contribution in [0.15, 0.2) is 45.7 Å². The van der Waals surface area contributed by atoms with Gasteiger partial charge in [-0.05, 0) is 104 Å². The van der Waals surface area contributed by atoms with Gasteiger partial charge in [-0.25, -0.2) is 4.79 Å². The van der Waals surface area contributed by atoms with Gasteiger partial charge in [0.25, 0.3) is 0 Å². The highest BCUT2D eigenvalue weighted by Gasteiger charge is 2.37. The molecule has 9 nitrogen and oxygen atoms in total. The van der Waals surface area contributed by atoms with E-state index in [1.165, 1.54) is 18.9 Å². The number of alkyl halides is 3. The highest BCUT2D eigenvalue weighted by molar-refractivity contribution is 9.10. The molecule has 4 heterocycles. The fourth-order valence-corrected chi connectivity index (χ4v) is 8.03. The number of aromatic amines is 1. The predicted octanol–water partition coefficient (Wildman–Crippen LogP) is 5.19. The number of rotatable bonds is 7. The van der Waals surface area contributed by atoms with Crippen LogP contribution in [0.25, 0.3) is 11.0 Å². The third-order valence-electron chi connectivity index (χ3n) is 9.99. The summed E-state index contributed by atoms with van der Waals surface area (Å²) >= 11 is 3.16. The Labute approximate surface area is 274 Å². The van der Waals surface area contributed by atoms with Crippen LogP contribution < -0.4 is 11.4 Å². The van der Waals surface area contributed by atoms with Crippen LogP contribution in [0.2, 0.25) is 0 Å². The van der Waals surface area contributed by atoms with E-state index in [4.69, 9.17) is 5.73 Å². The molecule has 2 aromatic carbocycles. The number of amides is 2. The maximum atomic E-state index is 14.0. The Balaban J connectivity index is 1.17. The second-order valence-electron chi connectivity index (χ2n) is 12.9. The van der Waals surface area contributed by atoms with E-state index in [1.807, 2.05) is 24.3 Å². The van der Waals surface area contributed by atoms with Gasteiger partial charge >= 0.3 is 11.9 Å². The average molecular weight is 706 g/mol. The van der Waals surface area contributed by atoms with E-state index in [9.17, 15) is 27.6 Å². The number of benzene rings is 2. The zero-order chi connectivity index (χ0) is 32.6. The first-order chi connectivity index (χ1) is 22.0. The molecule has 0 saturated carbocycles. The van der Waals surface area contributed by atoms with Gasteiger partial charge in [-0.3, -0.25) is 14.2 Å². The van der Waals surface area contributed by atoms with Gasteiger partial charge in [0.2, 0.25) is 11.8 Å². The molecule has 1 aromatic heterocycles. The van der Waals surface area contributed by atoms with E-state index in [0.29, 0.717) is 50.6 Å². The van der Waals surface area contributed by atoms with Crippen molar-refractivity contribution in [3.63, 3.8) is 0 Å². The van der Waals surface area contributed by atoms with Gasteiger partial charge < -0.3 is 25.4 Å². The summed E-state index contributed by atoms with van der Waals surface area (Å²) in [6, 6.07) is 10.4. The molecule has 0 bridgehead atoms. The van der Waals surface area contributed by atoms with Crippen LogP contribution in [0.1, 0.15) is 62.1 Å². The number of H-pyrrole nitrogens is 1. The summed E-state index contributed by atoms with van der Waals surface area (Å²) in [4.78, 5) is 49.3. The van der Waals surface area contributed by atoms with E-state index in [2.05, 4.69) is 25.8 Å². The summed E-state index contributed by atoms with van der Waals surface area (Å²) in [5.74, 6) is -1.23. The molecule has 3 aromatic rings. The minimum Gasteiger partial charge on any atom is -0.397 e. The molecule has 3 N–H and O–H groups in total. The lowest BCUT2D eigenvalue weighted by molar-refractivity contribution is -0.143. The number of para-hydroxylation sites is 2. The third kappa shape index (κ3) is 6.85. The molecule has 3 saturated heterocycles. The van der Waals surface area contributed by atoms with Crippen LogP contribution in [-0.4, -0.2) is 81.4 Å². The van der Waals surface area contributed by atoms with Crippen molar-refractivity contribution in [1.82, 2.24) is 24.3 Å². The van der Waals surface area contributed by atoms with Crippen molar-refractivity contribution in [2.75, 3.05) is 45.0 Å². The third-order valence-corrected chi connectivity index (χ3v) is 10.6. The van der Waals surface area contributed by atoms with E-state index in [1.54, 1.807) is 14.4 Å². The molecule has 0 radical (unpaired) electrons. The Morgan fingerprint density at radius 3 is 2.24 bits per heavy atom. The lowest BCUT2D eigenvalue weighted by Gasteiger charge is -2.38. The number of carbonyl (C=O) groups is 2. The van der Waals surface area contributed by atoms with Gasteiger partial charge in [-0.2, -0.15) is 13.2 Å². The van der Waals surface area contributed by atoms with Gasteiger partial charge in [-0.1, -0.05) is 12.1 Å². The number of halogens is 4. The summed E-state index contributed by atoms with van der Waals surface area (Å²) in [7, 11) is 0. The average Bonchev–Trinajstić information content (AvgIpc) is 3.69. The van der Waals surface area contributed by atoms with Crippen molar-refractivity contribution in [3.05, 3.63) is 62.5 Å². The summed E-state index contributed by atoms with van der Waals surface area (Å²) in [6.45, 7) is 4.12. The smallest absolute Gasteiger partial charge is 0.397 e. The first kappa shape index (κ1) is 32.6. The van der Waals surface area contributed by atoms with E-state index < -0.39 is 23.3 Å². The fraction of sp³-hybridized carbons (Fsp3) is 0.545. The van der Waals surface area contributed by atoms with Crippen molar-refractivity contribution in [2.45, 2.75) is 69.6 Å². The SMILES string of the molecule is Nc1c(Br)cc(C[C@@H](CC(=O)N2CCC(n3c(=O)[nH]c4ccccc43)CC2)C(=O)N2CCC(N3CCCC3)CC2)cc1C(F)(F)F. The molecule has 248 valence electrons. The number of anilines is 1. The van der Waals surface area contributed by atoms with Gasteiger partial charge in [-0.15, -0.1) is 0 Å². The number of hydrogen-bond donors (Lipinski definition) is 2. The minimum absolute atomic E-state index is 0.0141. The minimum atomic E-state index is -4.66. The van der Waals surface area contributed by atoms with Crippen LogP contribution in [0, 0.1) is 5.92 Å². The molecule has 3 aliphatic heterocycles. The second-order valence-corrected chi connectivity index (χ2v) is 13.7. The van der Waals surface area contributed by atoms with Crippen molar-refractivity contribution in [2.24, 2.45) is 5.92 Å². The van der Waals surface area contributed by atoms with Crippen LogP contribution >= 0.6 is 15.9 Å². The topological polar surface area (TPSA) is 108 Å². The maximum Gasteiger partial charge on any atom is 0.418 e. The largest absolute Gasteiger partial charge is 0.418 e. The van der Waals surface area contributed by atoms with Gasteiger partial charge in [0, 0.05) is 49.2 Å². The van der Waals surface area contributed by atoms with Crippen LogP contribution in [-0.2, 0) is 22.2 Å². The zero-order valence-electron chi connectivity index (χ0n) is 25.7. The first-order valence-corrected chi connectivity index (χ1v) is 16.9. The molecule has 6 rings (SSSR count). The number of nitrogens with zero attached hydrogens (tertiary/aromatic N) is 4. The van der Waals surface area contributed by atoms with Crippen molar-refractivity contribution < 1.29 is 22.8 Å². The van der Waals surface area contributed by atoms with Crippen molar-refractivity contribution >= 4 is 44.5 Å². The number of imidazole rings is 1. The Morgan fingerprint density at radius 2 is 1.57 bits per heavy atom.